The maximum absolute atomic E-state index is 12.4. The molecule has 0 radical (unpaired) electrons. The van der Waals surface area contributed by atoms with Crippen LogP contribution in [0.25, 0.3) is 11.6 Å². The van der Waals surface area contributed by atoms with Crippen LogP contribution in [0.2, 0.25) is 0 Å². The number of carbonyl (C=O) groups excluding carboxylic acids is 1. The molecule has 0 bridgehead atoms. The average molecular weight is 393 g/mol. The van der Waals surface area contributed by atoms with Gasteiger partial charge in [-0.05, 0) is 38.3 Å². The van der Waals surface area contributed by atoms with Crippen molar-refractivity contribution in [2.45, 2.75) is 61.9 Å². The molecule has 0 saturated heterocycles. The van der Waals surface area contributed by atoms with Gasteiger partial charge in [-0.2, -0.15) is 0 Å². The number of ether oxygens (including phenoxy) is 1. The Morgan fingerprint density at radius 1 is 1.41 bits per heavy atom. The van der Waals surface area contributed by atoms with Gasteiger partial charge >= 0.3 is 0 Å². The maximum Gasteiger partial charge on any atom is 0.233 e. The van der Waals surface area contributed by atoms with E-state index in [9.17, 15) is 4.79 Å². The molecule has 148 valence electrons. The van der Waals surface area contributed by atoms with Gasteiger partial charge in [-0.15, -0.1) is 10.2 Å². The lowest BCUT2D eigenvalue weighted by Gasteiger charge is -2.25. The molecule has 1 N–H and O–H groups in total. The maximum atomic E-state index is 12.4. The third-order valence-electron chi connectivity index (χ3n) is 4.82. The van der Waals surface area contributed by atoms with Gasteiger partial charge in [0.05, 0.1) is 11.5 Å². The standard InChI is InChI=1S/C19H28N4O3S/c1-14(18(24)20-11-7-12-25-2)27-19-22-21-17(16-10-6-13-26-16)23(19)15-8-4-3-5-9-15/h6,10,13-15H,3-5,7-9,11-12H2,1-2H3,(H,20,24). The number of aromatic nitrogens is 3. The van der Waals surface area contributed by atoms with E-state index in [4.69, 9.17) is 9.15 Å². The average Bonchev–Trinajstić information content (AvgIpc) is 3.35. The Morgan fingerprint density at radius 2 is 2.22 bits per heavy atom. The Balaban J connectivity index is 1.73. The Kier molecular flexibility index (Phi) is 7.34. The lowest BCUT2D eigenvalue weighted by molar-refractivity contribution is -0.120. The molecule has 1 fully saturated rings. The van der Waals surface area contributed by atoms with E-state index in [0.717, 1.165) is 36.0 Å². The van der Waals surface area contributed by atoms with Crippen molar-refractivity contribution in [3.8, 4) is 11.6 Å². The number of methoxy groups -OCH3 is 1. The van der Waals surface area contributed by atoms with Crippen LogP contribution in [0.5, 0.6) is 0 Å². The Bertz CT molecular complexity index is 711. The number of furan rings is 1. The lowest BCUT2D eigenvalue weighted by atomic mass is 9.95. The minimum Gasteiger partial charge on any atom is -0.461 e. The van der Waals surface area contributed by atoms with E-state index in [-0.39, 0.29) is 11.2 Å². The molecule has 0 aromatic carbocycles. The molecule has 1 unspecified atom stereocenters. The molecule has 0 aliphatic heterocycles. The minimum atomic E-state index is -0.247. The first-order valence-corrected chi connectivity index (χ1v) is 10.5. The van der Waals surface area contributed by atoms with Crippen LogP contribution >= 0.6 is 11.8 Å². The largest absolute Gasteiger partial charge is 0.461 e. The van der Waals surface area contributed by atoms with Crippen LogP contribution in [0.1, 0.15) is 51.5 Å². The summed E-state index contributed by atoms with van der Waals surface area (Å²) in [5.74, 6) is 1.48. The summed E-state index contributed by atoms with van der Waals surface area (Å²) in [4.78, 5) is 12.4. The molecule has 1 saturated carbocycles. The van der Waals surface area contributed by atoms with Crippen molar-refractivity contribution in [3.05, 3.63) is 18.4 Å². The van der Waals surface area contributed by atoms with Crippen LogP contribution in [0, 0.1) is 0 Å². The minimum absolute atomic E-state index is 0.00819. The highest BCUT2D eigenvalue weighted by Gasteiger charge is 2.27. The van der Waals surface area contributed by atoms with Crippen molar-refractivity contribution >= 4 is 17.7 Å². The second kappa shape index (κ2) is 9.94. The van der Waals surface area contributed by atoms with Crippen LogP contribution in [0.4, 0.5) is 0 Å². The quantitative estimate of drug-likeness (QED) is 0.518. The number of carbonyl (C=O) groups is 1. The third kappa shape index (κ3) is 5.13. The molecule has 3 rings (SSSR count). The number of hydrogen-bond donors (Lipinski definition) is 1. The summed E-state index contributed by atoms with van der Waals surface area (Å²) in [6.45, 7) is 3.16. The Morgan fingerprint density at radius 3 is 2.93 bits per heavy atom. The number of nitrogens with one attached hydrogen (secondary N) is 1. The zero-order valence-electron chi connectivity index (χ0n) is 16.0. The summed E-state index contributed by atoms with van der Waals surface area (Å²) in [6, 6.07) is 4.12. The summed E-state index contributed by atoms with van der Waals surface area (Å²) < 4.78 is 12.8. The highest BCUT2D eigenvalue weighted by molar-refractivity contribution is 8.00. The van der Waals surface area contributed by atoms with Gasteiger partial charge in [-0.3, -0.25) is 9.36 Å². The second-order valence-electron chi connectivity index (χ2n) is 6.84. The van der Waals surface area contributed by atoms with Gasteiger partial charge in [0.1, 0.15) is 0 Å². The smallest absolute Gasteiger partial charge is 0.233 e. The van der Waals surface area contributed by atoms with Crippen LogP contribution < -0.4 is 5.32 Å². The van der Waals surface area contributed by atoms with E-state index in [1.54, 1.807) is 13.4 Å². The predicted octanol–water partition coefficient (Wildman–Crippen LogP) is 3.68. The fraction of sp³-hybridized carbons (Fsp3) is 0.632. The van der Waals surface area contributed by atoms with Crippen LogP contribution in [0.3, 0.4) is 0 Å². The third-order valence-corrected chi connectivity index (χ3v) is 5.88. The number of hydrogen-bond acceptors (Lipinski definition) is 6. The molecule has 1 atom stereocenters. The van der Waals surface area contributed by atoms with Crippen LogP contribution in [0.15, 0.2) is 28.0 Å². The first-order chi connectivity index (χ1) is 13.2. The van der Waals surface area contributed by atoms with Gasteiger partial charge in [0.25, 0.3) is 0 Å². The second-order valence-corrected chi connectivity index (χ2v) is 8.15. The summed E-state index contributed by atoms with van der Waals surface area (Å²) >= 11 is 1.46. The Labute approximate surface area is 164 Å². The lowest BCUT2D eigenvalue weighted by Crippen LogP contribution is -2.32. The first-order valence-electron chi connectivity index (χ1n) is 9.62. The molecule has 27 heavy (non-hydrogen) atoms. The van der Waals surface area contributed by atoms with Gasteiger partial charge in [-0.1, -0.05) is 31.0 Å². The predicted molar refractivity (Wildman–Crippen MR) is 105 cm³/mol. The van der Waals surface area contributed by atoms with Crippen molar-refractivity contribution in [2.24, 2.45) is 0 Å². The molecular formula is C19H28N4O3S. The highest BCUT2D eigenvalue weighted by atomic mass is 32.2. The highest BCUT2D eigenvalue weighted by Crippen LogP contribution is 2.36. The number of rotatable bonds is 9. The van der Waals surface area contributed by atoms with Gasteiger partial charge in [0, 0.05) is 26.3 Å². The number of amides is 1. The molecule has 2 heterocycles. The van der Waals surface area contributed by atoms with Crippen molar-refractivity contribution < 1.29 is 13.9 Å². The number of thioether (sulfide) groups is 1. The monoisotopic (exact) mass is 392 g/mol. The van der Waals surface area contributed by atoms with E-state index < -0.39 is 0 Å². The summed E-state index contributed by atoms with van der Waals surface area (Å²) in [7, 11) is 1.66. The normalized spacial score (nSPS) is 16.4. The van der Waals surface area contributed by atoms with Crippen LogP contribution in [-0.4, -0.2) is 46.2 Å². The topological polar surface area (TPSA) is 82.2 Å². The molecule has 7 nitrogen and oxygen atoms in total. The first kappa shape index (κ1) is 19.9. The Hall–Kier alpha value is -1.80. The van der Waals surface area contributed by atoms with Crippen LogP contribution in [-0.2, 0) is 9.53 Å². The van der Waals surface area contributed by atoms with Gasteiger partial charge in [0.15, 0.2) is 10.9 Å². The molecular weight excluding hydrogens is 364 g/mol. The molecule has 1 amide bonds. The van der Waals surface area contributed by atoms with E-state index in [1.165, 1.54) is 31.0 Å². The molecule has 2 aromatic rings. The van der Waals surface area contributed by atoms with Crippen molar-refractivity contribution in [3.63, 3.8) is 0 Å². The van der Waals surface area contributed by atoms with E-state index >= 15 is 0 Å². The fourth-order valence-electron chi connectivity index (χ4n) is 3.38. The van der Waals surface area contributed by atoms with Gasteiger partial charge in [-0.25, -0.2) is 0 Å². The SMILES string of the molecule is COCCCNC(=O)C(C)Sc1nnc(-c2ccco2)n1C1CCCCC1. The van der Waals surface area contributed by atoms with Crippen molar-refractivity contribution in [2.75, 3.05) is 20.3 Å². The molecule has 8 heteroatoms. The van der Waals surface area contributed by atoms with Gasteiger partial charge < -0.3 is 14.5 Å². The van der Waals surface area contributed by atoms with E-state index in [2.05, 4.69) is 20.1 Å². The van der Waals surface area contributed by atoms with Gasteiger partial charge in [0.2, 0.25) is 11.7 Å². The van der Waals surface area contributed by atoms with E-state index in [1.807, 2.05) is 19.1 Å². The zero-order valence-corrected chi connectivity index (χ0v) is 16.8. The van der Waals surface area contributed by atoms with E-state index in [0.29, 0.717) is 19.2 Å². The summed E-state index contributed by atoms with van der Waals surface area (Å²) in [5.41, 5.74) is 0. The molecule has 2 aromatic heterocycles. The fourth-order valence-corrected chi connectivity index (χ4v) is 4.33. The number of nitrogens with zero attached hydrogens (tertiary/aromatic N) is 3. The molecule has 0 spiro atoms. The summed E-state index contributed by atoms with van der Waals surface area (Å²) in [5, 5.41) is 12.3. The van der Waals surface area contributed by atoms with Crippen molar-refractivity contribution in [1.82, 2.24) is 20.1 Å². The van der Waals surface area contributed by atoms with Crippen molar-refractivity contribution in [1.29, 1.82) is 0 Å². The molecule has 1 aliphatic carbocycles. The zero-order chi connectivity index (χ0) is 19.1. The summed E-state index contributed by atoms with van der Waals surface area (Å²) in [6.07, 6.45) is 8.37. The molecule has 1 aliphatic rings.